The number of amides is 1. The van der Waals surface area contributed by atoms with Gasteiger partial charge in [-0.15, -0.1) is 22.7 Å². The van der Waals surface area contributed by atoms with E-state index in [2.05, 4.69) is 25.6 Å². The molecule has 9 heteroatoms. The Balaban J connectivity index is 1.83. The molecule has 0 bridgehead atoms. The van der Waals surface area contributed by atoms with Gasteiger partial charge in [0.25, 0.3) is 5.91 Å². The Hall–Kier alpha value is -2.39. The summed E-state index contributed by atoms with van der Waals surface area (Å²) in [4.78, 5) is 24.6. The third-order valence-electron chi connectivity index (χ3n) is 2.77. The standard InChI is InChI=1S/C14H12FN5OS2/c1-7-17-11(6-22-7)20-13(21)12-14(23-8(2)18-12)19-10-3-9(15)4-16-5-10/h3-6,19H,1-2H3,(H,20,21). The predicted octanol–water partition coefficient (Wildman–Crippen LogP) is 3.75. The Kier molecular flexibility index (Phi) is 4.30. The van der Waals surface area contributed by atoms with E-state index in [0.29, 0.717) is 16.5 Å². The third kappa shape index (κ3) is 3.69. The van der Waals surface area contributed by atoms with E-state index in [1.807, 2.05) is 6.92 Å². The number of rotatable bonds is 4. The lowest BCUT2D eigenvalue weighted by Gasteiger charge is -2.05. The molecule has 0 radical (unpaired) electrons. The molecule has 0 aliphatic rings. The van der Waals surface area contributed by atoms with Crippen LogP contribution in [0.15, 0.2) is 23.8 Å². The number of nitrogens with zero attached hydrogens (tertiary/aromatic N) is 3. The minimum absolute atomic E-state index is 0.238. The molecule has 0 aromatic carbocycles. The second-order valence-electron chi connectivity index (χ2n) is 4.63. The third-order valence-corrected chi connectivity index (χ3v) is 4.43. The van der Waals surface area contributed by atoms with Crippen LogP contribution in [0.25, 0.3) is 0 Å². The van der Waals surface area contributed by atoms with Gasteiger partial charge in [-0.25, -0.2) is 14.4 Å². The van der Waals surface area contributed by atoms with Crippen molar-refractivity contribution < 1.29 is 9.18 Å². The number of halogens is 1. The Labute approximate surface area is 139 Å². The number of carbonyl (C=O) groups excluding carboxylic acids is 1. The number of pyridine rings is 1. The van der Waals surface area contributed by atoms with E-state index in [9.17, 15) is 9.18 Å². The first-order valence-corrected chi connectivity index (χ1v) is 8.29. The summed E-state index contributed by atoms with van der Waals surface area (Å²) in [6.07, 6.45) is 2.59. The van der Waals surface area contributed by atoms with Gasteiger partial charge in [-0.3, -0.25) is 9.78 Å². The van der Waals surface area contributed by atoms with Crippen molar-refractivity contribution in [3.05, 3.63) is 45.4 Å². The van der Waals surface area contributed by atoms with E-state index in [4.69, 9.17) is 0 Å². The predicted molar refractivity (Wildman–Crippen MR) is 89.1 cm³/mol. The fourth-order valence-electron chi connectivity index (χ4n) is 1.87. The normalized spacial score (nSPS) is 10.6. The maximum absolute atomic E-state index is 13.2. The maximum Gasteiger partial charge on any atom is 0.278 e. The highest BCUT2D eigenvalue weighted by Crippen LogP contribution is 2.28. The molecule has 0 fully saturated rings. The molecule has 1 amide bonds. The lowest BCUT2D eigenvalue weighted by atomic mass is 10.3. The summed E-state index contributed by atoms with van der Waals surface area (Å²) in [5, 5.41) is 9.55. The number of aromatic nitrogens is 3. The zero-order chi connectivity index (χ0) is 16.4. The summed E-state index contributed by atoms with van der Waals surface area (Å²) < 4.78 is 13.2. The summed E-state index contributed by atoms with van der Waals surface area (Å²) in [6.45, 7) is 3.65. The van der Waals surface area contributed by atoms with Gasteiger partial charge in [-0.2, -0.15) is 0 Å². The molecule has 3 aromatic rings. The van der Waals surface area contributed by atoms with Crippen LogP contribution < -0.4 is 10.6 Å². The van der Waals surface area contributed by atoms with E-state index in [1.54, 1.807) is 12.3 Å². The molecule has 23 heavy (non-hydrogen) atoms. The lowest BCUT2D eigenvalue weighted by Crippen LogP contribution is -2.14. The van der Waals surface area contributed by atoms with Crippen molar-refractivity contribution >= 4 is 45.1 Å². The zero-order valence-electron chi connectivity index (χ0n) is 12.3. The first-order chi connectivity index (χ1) is 11.0. The molecule has 0 atom stereocenters. The fourth-order valence-corrected chi connectivity index (χ4v) is 3.25. The molecule has 0 saturated carbocycles. The van der Waals surface area contributed by atoms with Gasteiger partial charge >= 0.3 is 0 Å². The first-order valence-electron chi connectivity index (χ1n) is 6.60. The van der Waals surface area contributed by atoms with Crippen molar-refractivity contribution in [3.63, 3.8) is 0 Å². The van der Waals surface area contributed by atoms with Gasteiger partial charge in [0.05, 0.1) is 28.1 Å². The van der Waals surface area contributed by atoms with Crippen LogP contribution in [0.4, 0.5) is 20.9 Å². The molecule has 3 aromatic heterocycles. The monoisotopic (exact) mass is 349 g/mol. The number of aryl methyl sites for hydroxylation is 2. The summed E-state index contributed by atoms with van der Waals surface area (Å²) in [7, 11) is 0. The smallest absolute Gasteiger partial charge is 0.278 e. The first kappa shape index (κ1) is 15.5. The number of thiazole rings is 2. The lowest BCUT2D eigenvalue weighted by molar-refractivity contribution is 0.102. The van der Waals surface area contributed by atoms with E-state index in [-0.39, 0.29) is 11.6 Å². The molecule has 3 heterocycles. The molecule has 2 N–H and O–H groups in total. The number of carbonyl (C=O) groups is 1. The highest BCUT2D eigenvalue weighted by molar-refractivity contribution is 7.16. The van der Waals surface area contributed by atoms with E-state index >= 15 is 0 Å². The van der Waals surface area contributed by atoms with Gasteiger partial charge in [0.15, 0.2) is 5.69 Å². The summed E-state index contributed by atoms with van der Waals surface area (Å²) in [6, 6.07) is 1.30. The molecular formula is C14H12FN5OS2. The van der Waals surface area contributed by atoms with E-state index in [1.165, 1.54) is 34.9 Å². The molecule has 0 unspecified atom stereocenters. The molecule has 0 aliphatic carbocycles. The Morgan fingerprint density at radius 3 is 2.74 bits per heavy atom. The van der Waals surface area contributed by atoms with Crippen LogP contribution in [0, 0.1) is 19.7 Å². The topological polar surface area (TPSA) is 79.8 Å². The minimum atomic E-state index is -0.458. The van der Waals surface area contributed by atoms with Crippen molar-refractivity contribution in [1.29, 1.82) is 0 Å². The van der Waals surface area contributed by atoms with Crippen LogP contribution in [0.1, 0.15) is 20.5 Å². The Bertz CT molecular complexity index is 860. The largest absolute Gasteiger partial charge is 0.344 e. The van der Waals surface area contributed by atoms with Crippen LogP contribution in [0.2, 0.25) is 0 Å². The Morgan fingerprint density at radius 2 is 2.04 bits per heavy atom. The molecule has 6 nitrogen and oxygen atoms in total. The van der Waals surface area contributed by atoms with Gasteiger partial charge in [0, 0.05) is 11.4 Å². The summed E-state index contributed by atoms with van der Waals surface area (Å²) in [5.41, 5.74) is 0.689. The molecule has 0 saturated heterocycles. The van der Waals surface area contributed by atoms with Crippen molar-refractivity contribution in [2.45, 2.75) is 13.8 Å². The van der Waals surface area contributed by atoms with Crippen LogP contribution in [0.3, 0.4) is 0 Å². The van der Waals surface area contributed by atoms with E-state index in [0.717, 1.165) is 16.2 Å². The minimum Gasteiger partial charge on any atom is -0.344 e. The van der Waals surface area contributed by atoms with Gasteiger partial charge in [0.1, 0.15) is 16.6 Å². The summed E-state index contributed by atoms with van der Waals surface area (Å²) >= 11 is 2.75. The van der Waals surface area contributed by atoms with Crippen LogP contribution >= 0.6 is 22.7 Å². The van der Waals surface area contributed by atoms with Gasteiger partial charge in [-0.05, 0) is 13.8 Å². The average Bonchev–Trinajstić information content (AvgIpc) is 3.05. The van der Waals surface area contributed by atoms with Crippen LogP contribution in [0.5, 0.6) is 0 Å². The highest BCUT2D eigenvalue weighted by Gasteiger charge is 2.18. The summed E-state index contributed by atoms with van der Waals surface area (Å²) in [5.74, 6) is -0.340. The fraction of sp³-hybridized carbons (Fsp3) is 0.143. The average molecular weight is 349 g/mol. The molecule has 3 rings (SSSR count). The maximum atomic E-state index is 13.2. The number of hydrogen-bond donors (Lipinski definition) is 2. The van der Waals surface area contributed by atoms with Crippen molar-refractivity contribution in [2.24, 2.45) is 0 Å². The quantitative estimate of drug-likeness (QED) is 0.750. The number of anilines is 3. The second-order valence-corrected chi connectivity index (χ2v) is 6.90. The number of nitrogens with one attached hydrogen (secondary N) is 2. The van der Waals surface area contributed by atoms with Crippen LogP contribution in [-0.2, 0) is 0 Å². The van der Waals surface area contributed by atoms with Gasteiger partial charge in [0.2, 0.25) is 0 Å². The Morgan fingerprint density at radius 1 is 1.22 bits per heavy atom. The second kappa shape index (κ2) is 6.39. The zero-order valence-corrected chi connectivity index (χ0v) is 13.9. The molecule has 0 spiro atoms. The van der Waals surface area contributed by atoms with E-state index < -0.39 is 5.82 Å². The molecule has 118 valence electrons. The van der Waals surface area contributed by atoms with Gasteiger partial charge in [-0.1, -0.05) is 0 Å². The molecule has 0 aliphatic heterocycles. The molecular weight excluding hydrogens is 337 g/mol. The van der Waals surface area contributed by atoms with Crippen LogP contribution in [-0.4, -0.2) is 20.9 Å². The van der Waals surface area contributed by atoms with Crippen molar-refractivity contribution in [3.8, 4) is 0 Å². The number of hydrogen-bond acceptors (Lipinski definition) is 7. The van der Waals surface area contributed by atoms with Crippen molar-refractivity contribution in [2.75, 3.05) is 10.6 Å². The highest BCUT2D eigenvalue weighted by atomic mass is 32.1. The van der Waals surface area contributed by atoms with Gasteiger partial charge < -0.3 is 10.6 Å². The van der Waals surface area contributed by atoms with Crippen molar-refractivity contribution in [1.82, 2.24) is 15.0 Å². The SMILES string of the molecule is Cc1nc(NC(=O)c2nc(C)sc2Nc2cncc(F)c2)cs1.